The van der Waals surface area contributed by atoms with Crippen molar-refractivity contribution in [1.29, 1.82) is 0 Å². The lowest BCUT2D eigenvalue weighted by Crippen LogP contribution is -2.24. The fraction of sp³-hybridized carbons (Fsp3) is 0.600. The fourth-order valence-corrected chi connectivity index (χ4v) is 2.73. The van der Waals surface area contributed by atoms with Crippen LogP contribution in [0.3, 0.4) is 0 Å². The van der Waals surface area contributed by atoms with Crippen LogP contribution in [0.1, 0.15) is 25.0 Å². The van der Waals surface area contributed by atoms with Crippen molar-refractivity contribution in [3.05, 3.63) is 29.3 Å². The first kappa shape index (κ1) is 15.2. The van der Waals surface area contributed by atoms with Crippen molar-refractivity contribution < 1.29 is 13.2 Å². The molecule has 5 heteroatoms. The van der Waals surface area contributed by atoms with Crippen LogP contribution in [0.4, 0.5) is 18.9 Å². The zero-order valence-corrected chi connectivity index (χ0v) is 12.1. The van der Waals surface area contributed by atoms with Gasteiger partial charge < -0.3 is 10.2 Å². The van der Waals surface area contributed by atoms with E-state index in [1.54, 1.807) is 19.2 Å². The predicted molar refractivity (Wildman–Crippen MR) is 74.7 cm³/mol. The normalized spacial score (nSPS) is 23.4. The van der Waals surface area contributed by atoms with Gasteiger partial charge in [0, 0.05) is 25.3 Å². The second-order valence-electron chi connectivity index (χ2n) is 5.74. The summed E-state index contributed by atoms with van der Waals surface area (Å²) in [6.45, 7) is 6.00. The van der Waals surface area contributed by atoms with Gasteiger partial charge in [0.1, 0.15) is 0 Å². The minimum Gasteiger partial charge on any atom is -0.370 e. The molecule has 0 radical (unpaired) electrons. The average molecular weight is 286 g/mol. The van der Waals surface area contributed by atoms with Gasteiger partial charge in [0.05, 0.1) is 5.56 Å². The predicted octanol–water partition coefficient (Wildman–Crippen LogP) is 3.52. The van der Waals surface area contributed by atoms with Gasteiger partial charge >= 0.3 is 6.18 Å². The lowest BCUT2D eigenvalue weighted by molar-refractivity contribution is -0.137. The third-order valence-corrected chi connectivity index (χ3v) is 4.08. The molecule has 2 nitrogen and oxygen atoms in total. The molecule has 0 aromatic heterocycles. The molecular weight excluding hydrogens is 265 g/mol. The number of alkyl halides is 3. The van der Waals surface area contributed by atoms with E-state index < -0.39 is 11.7 Å². The molecule has 1 aromatic rings. The molecule has 1 aliphatic heterocycles. The van der Waals surface area contributed by atoms with E-state index in [0.29, 0.717) is 42.7 Å². The molecule has 0 bridgehead atoms. The van der Waals surface area contributed by atoms with E-state index in [2.05, 4.69) is 19.2 Å². The molecule has 1 fully saturated rings. The van der Waals surface area contributed by atoms with Crippen molar-refractivity contribution in [2.75, 3.05) is 25.0 Å². The second-order valence-corrected chi connectivity index (χ2v) is 5.74. The Morgan fingerprint density at radius 1 is 1.20 bits per heavy atom. The SMILES string of the molecule is CNCc1ccc(N2CC(C)C(C)C2)c(C(F)(F)F)c1. The fourth-order valence-electron chi connectivity index (χ4n) is 2.73. The Bertz CT molecular complexity index is 461. The number of hydrogen-bond acceptors (Lipinski definition) is 2. The molecule has 0 spiro atoms. The lowest BCUT2D eigenvalue weighted by Gasteiger charge is -2.24. The van der Waals surface area contributed by atoms with Crippen molar-refractivity contribution >= 4 is 5.69 Å². The average Bonchev–Trinajstić information content (AvgIpc) is 2.69. The van der Waals surface area contributed by atoms with Crippen LogP contribution in [0.25, 0.3) is 0 Å². The van der Waals surface area contributed by atoms with Gasteiger partial charge in [0.25, 0.3) is 0 Å². The number of benzene rings is 1. The molecule has 2 rings (SSSR count). The molecule has 2 unspecified atom stereocenters. The third kappa shape index (κ3) is 3.08. The van der Waals surface area contributed by atoms with E-state index in [9.17, 15) is 13.2 Å². The van der Waals surface area contributed by atoms with Gasteiger partial charge in [-0.25, -0.2) is 0 Å². The first-order valence-electron chi connectivity index (χ1n) is 6.92. The summed E-state index contributed by atoms with van der Waals surface area (Å²) in [6.07, 6.45) is -4.31. The number of nitrogens with zero attached hydrogens (tertiary/aromatic N) is 1. The summed E-state index contributed by atoms with van der Waals surface area (Å²) in [5.41, 5.74) is 0.448. The minimum atomic E-state index is -4.31. The standard InChI is InChI=1S/C15H21F3N2/c1-10-8-20(9-11(10)2)14-5-4-12(7-19-3)6-13(14)15(16,17)18/h4-6,10-11,19H,7-9H2,1-3H3. The van der Waals surface area contributed by atoms with Crippen molar-refractivity contribution in [2.45, 2.75) is 26.6 Å². The zero-order chi connectivity index (χ0) is 14.9. The summed E-state index contributed by atoms with van der Waals surface area (Å²) in [5.74, 6) is 0.848. The number of halogens is 3. The van der Waals surface area contributed by atoms with Crippen molar-refractivity contribution in [2.24, 2.45) is 11.8 Å². The Kier molecular flexibility index (Phi) is 4.28. The largest absolute Gasteiger partial charge is 0.418 e. The summed E-state index contributed by atoms with van der Waals surface area (Å²) in [4.78, 5) is 1.86. The topological polar surface area (TPSA) is 15.3 Å². The number of anilines is 1. The monoisotopic (exact) mass is 286 g/mol. The second kappa shape index (κ2) is 5.64. The van der Waals surface area contributed by atoms with Gasteiger partial charge in [0.15, 0.2) is 0 Å². The highest BCUT2D eigenvalue weighted by Crippen LogP contribution is 2.39. The number of rotatable bonds is 3. The van der Waals surface area contributed by atoms with E-state index in [-0.39, 0.29) is 0 Å². The molecule has 0 saturated carbocycles. The molecule has 0 amide bonds. The molecule has 2 atom stereocenters. The maximum absolute atomic E-state index is 13.3. The first-order valence-corrected chi connectivity index (χ1v) is 6.92. The van der Waals surface area contributed by atoms with Gasteiger partial charge in [-0.05, 0) is 36.6 Å². The number of hydrogen-bond donors (Lipinski definition) is 1. The van der Waals surface area contributed by atoms with Crippen molar-refractivity contribution in [1.82, 2.24) is 5.32 Å². The van der Waals surface area contributed by atoms with E-state index in [1.165, 1.54) is 6.07 Å². The van der Waals surface area contributed by atoms with E-state index >= 15 is 0 Å². The Hall–Kier alpha value is -1.23. The summed E-state index contributed by atoms with van der Waals surface area (Å²) < 4.78 is 39.8. The quantitative estimate of drug-likeness (QED) is 0.914. The Labute approximate surface area is 118 Å². The summed E-state index contributed by atoms with van der Waals surface area (Å²) in [7, 11) is 1.73. The highest BCUT2D eigenvalue weighted by atomic mass is 19.4. The van der Waals surface area contributed by atoms with Crippen molar-refractivity contribution in [3.63, 3.8) is 0 Å². The van der Waals surface area contributed by atoms with Crippen LogP contribution in [-0.2, 0) is 12.7 Å². The van der Waals surface area contributed by atoms with Crippen LogP contribution in [0.5, 0.6) is 0 Å². The maximum atomic E-state index is 13.3. The van der Waals surface area contributed by atoms with Gasteiger partial charge in [0.2, 0.25) is 0 Å². The summed E-state index contributed by atoms with van der Waals surface area (Å²) in [5, 5.41) is 2.88. The van der Waals surface area contributed by atoms with Crippen LogP contribution >= 0.6 is 0 Å². The molecule has 1 heterocycles. The zero-order valence-electron chi connectivity index (χ0n) is 12.1. The molecule has 0 aliphatic carbocycles. The minimum absolute atomic E-state index is 0.313. The molecule has 20 heavy (non-hydrogen) atoms. The van der Waals surface area contributed by atoms with Crippen LogP contribution in [0.2, 0.25) is 0 Å². The van der Waals surface area contributed by atoms with E-state index in [0.717, 1.165) is 0 Å². The summed E-state index contributed by atoms with van der Waals surface area (Å²) in [6, 6.07) is 4.65. The lowest BCUT2D eigenvalue weighted by atomic mass is 10.0. The third-order valence-electron chi connectivity index (χ3n) is 4.08. The highest BCUT2D eigenvalue weighted by molar-refractivity contribution is 5.57. The molecule has 112 valence electrons. The Balaban J connectivity index is 2.37. The molecule has 1 N–H and O–H groups in total. The van der Waals surface area contributed by atoms with Crippen LogP contribution in [0.15, 0.2) is 18.2 Å². The van der Waals surface area contributed by atoms with E-state index in [1.807, 2.05) is 4.90 Å². The van der Waals surface area contributed by atoms with Gasteiger partial charge in [-0.2, -0.15) is 13.2 Å². The molecule has 1 aromatic carbocycles. The Morgan fingerprint density at radius 2 is 1.80 bits per heavy atom. The molecule has 1 aliphatic rings. The van der Waals surface area contributed by atoms with E-state index in [4.69, 9.17) is 0 Å². The number of nitrogens with one attached hydrogen (secondary N) is 1. The van der Waals surface area contributed by atoms with Crippen LogP contribution < -0.4 is 10.2 Å². The molecular formula is C15H21F3N2. The van der Waals surface area contributed by atoms with Crippen LogP contribution in [-0.4, -0.2) is 20.1 Å². The summed E-state index contributed by atoms with van der Waals surface area (Å²) >= 11 is 0. The first-order chi connectivity index (χ1) is 9.32. The molecule has 1 saturated heterocycles. The van der Waals surface area contributed by atoms with Gasteiger partial charge in [-0.1, -0.05) is 19.9 Å². The van der Waals surface area contributed by atoms with Crippen LogP contribution in [0, 0.1) is 11.8 Å². The Morgan fingerprint density at radius 3 is 2.30 bits per heavy atom. The van der Waals surface area contributed by atoms with Gasteiger partial charge in [-0.15, -0.1) is 0 Å². The maximum Gasteiger partial charge on any atom is 0.418 e. The van der Waals surface area contributed by atoms with Gasteiger partial charge in [-0.3, -0.25) is 0 Å². The highest BCUT2D eigenvalue weighted by Gasteiger charge is 2.37. The van der Waals surface area contributed by atoms with Crippen molar-refractivity contribution in [3.8, 4) is 0 Å². The smallest absolute Gasteiger partial charge is 0.370 e.